The first kappa shape index (κ1) is 14.9. The Balaban J connectivity index is 1.92. The lowest BCUT2D eigenvalue weighted by molar-refractivity contribution is 0.0979. The molecule has 0 fully saturated rings. The van der Waals surface area contributed by atoms with Crippen LogP contribution in [0.25, 0.3) is 0 Å². The summed E-state index contributed by atoms with van der Waals surface area (Å²) >= 11 is 3.35. The minimum atomic E-state index is -0.0634. The summed E-state index contributed by atoms with van der Waals surface area (Å²) in [5.41, 5.74) is 3.31. The van der Waals surface area contributed by atoms with Crippen LogP contribution >= 0.6 is 15.9 Å². The number of benzene rings is 1. The van der Waals surface area contributed by atoms with Crippen LogP contribution in [0.2, 0.25) is 0 Å². The van der Waals surface area contributed by atoms with Gasteiger partial charge < -0.3 is 9.88 Å². The number of nitriles is 1. The van der Waals surface area contributed by atoms with Crippen LogP contribution in [0.5, 0.6) is 0 Å². The SMILES string of the molecule is Cn1c(C(=O)Cc2cccc(Br)c2C#N)nc2c1CCNC2. The van der Waals surface area contributed by atoms with Gasteiger partial charge in [-0.1, -0.05) is 12.1 Å². The first-order valence-electron chi connectivity index (χ1n) is 7.07. The van der Waals surface area contributed by atoms with Gasteiger partial charge in [-0.2, -0.15) is 5.26 Å². The lowest BCUT2D eigenvalue weighted by Gasteiger charge is -2.12. The highest BCUT2D eigenvalue weighted by Crippen LogP contribution is 2.22. The minimum absolute atomic E-state index is 0.0634. The molecule has 0 saturated heterocycles. The number of hydrogen-bond acceptors (Lipinski definition) is 4. The van der Waals surface area contributed by atoms with Gasteiger partial charge in [-0.15, -0.1) is 0 Å². The van der Waals surface area contributed by atoms with Gasteiger partial charge in [-0.25, -0.2) is 4.98 Å². The lowest BCUT2D eigenvalue weighted by Crippen LogP contribution is -2.24. The van der Waals surface area contributed by atoms with Crippen LogP contribution in [-0.2, 0) is 26.4 Å². The number of carbonyl (C=O) groups excluding carboxylic acids is 1. The molecule has 0 radical (unpaired) electrons. The van der Waals surface area contributed by atoms with Crippen molar-refractivity contribution in [2.75, 3.05) is 6.54 Å². The van der Waals surface area contributed by atoms with Crippen LogP contribution in [0.3, 0.4) is 0 Å². The summed E-state index contributed by atoms with van der Waals surface area (Å²) in [6.45, 7) is 1.61. The number of Topliss-reactive ketones (excluding diaryl/α,β-unsaturated/α-hetero) is 1. The molecule has 0 spiro atoms. The van der Waals surface area contributed by atoms with E-state index in [4.69, 9.17) is 0 Å². The van der Waals surface area contributed by atoms with Crippen molar-refractivity contribution < 1.29 is 4.79 Å². The van der Waals surface area contributed by atoms with Gasteiger partial charge in [-0.3, -0.25) is 4.79 Å². The van der Waals surface area contributed by atoms with E-state index < -0.39 is 0 Å². The zero-order valence-electron chi connectivity index (χ0n) is 12.2. The van der Waals surface area contributed by atoms with Gasteiger partial charge >= 0.3 is 0 Å². The fraction of sp³-hybridized carbons (Fsp3) is 0.312. The zero-order chi connectivity index (χ0) is 15.7. The second kappa shape index (κ2) is 6.03. The van der Waals surface area contributed by atoms with Crippen molar-refractivity contribution in [1.29, 1.82) is 5.26 Å². The first-order chi connectivity index (χ1) is 10.6. The molecule has 2 heterocycles. The topological polar surface area (TPSA) is 70.7 Å². The molecule has 1 aliphatic rings. The second-order valence-electron chi connectivity index (χ2n) is 5.30. The van der Waals surface area contributed by atoms with E-state index in [-0.39, 0.29) is 12.2 Å². The molecular formula is C16H15BrN4O. The number of carbonyl (C=O) groups is 1. The number of nitrogens with zero attached hydrogens (tertiary/aromatic N) is 3. The van der Waals surface area contributed by atoms with Gasteiger partial charge in [0.1, 0.15) is 6.07 Å². The van der Waals surface area contributed by atoms with E-state index in [0.29, 0.717) is 22.4 Å². The van der Waals surface area contributed by atoms with Gasteiger partial charge in [0.05, 0.1) is 11.3 Å². The number of ketones is 1. The summed E-state index contributed by atoms with van der Waals surface area (Å²) in [4.78, 5) is 17.1. The van der Waals surface area contributed by atoms with E-state index in [9.17, 15) is 10.1 Å². The van der Waals surface area contributed by atoms with Crippen LogP contribution in [-0.4, -0.2) is 21.9 Å². The van der Waals surface area contributed by atoms with E-state index in [2.05, 4.69) is 32.3 Å². The Morgan fingerprint density at radius 1 is 1.55 bits per heavy atom. The highest BCUT2D eigenvalue weighted by Gasteiger charge is 2.22. The maximum absolute atomic E-state index is 12.6. The van der Waals surface area contributed by atoms with Crippen molar-refractivity contribution in [1.82, 2.24) is 14.9 Å². The third-order valence-corrected chi connectivity index (χ3v) is 4.60. The predicted octanol–water partition coefficient (Wildman–Crippen LogP) is 2.13. The van der Waals surface area contributed by atoms with E-state index in [1.54, 1.807) is 6.07 Å². The highest BCUT2D eigenvalue weighted by atomic mass is 79.9. The normalized spacial score (nSPS) is 13.5. The largest absolute Gasteiger partial charge is 0.328 e. The molecule has 6 heteroatoms. The smallest absolute Gasteiger partial charge is 0.202 e. The average Bonchev–Trinajstić information content (AvgIpc) is 2.85. The van der Waals surface area contributed by atoms with Gasteiger partial charge in [0.2, 0.25) is 5.78 Å². The van der Waals surface area contributed by atoms with Crippen LogP contribution in [0.15, 0.2) is 22.7 Å². The summed E-state index contributed by atoms with van der Waals surface area (Å²) in [6, 6.07) is 7.60. The molecular weight excluding hydrogens is 344 g/mol. The standard InChI is InChI=1S/C16H15BrN4O/c1-21-14-5-6-19-9-13(14)20-16(21)15(22)7-10-3-2-4-12(17)11(10)8-18/h2-4,19H,5-7,9H2,1H3. The van der Waals surface area contributed by atoms with E-state index in [0.717, 1.165) is 29.9 Å². The van der Waals surface area contributed by atoms with Gasteiger partial charge in [0.25, 0.3) is 0 Å². The van der Waals surface area contributed by atoms with Gasteiger partial charge in [0.15, 0.2) is 5.82 Å². The van der Waals surface area contributed by atoms with Gasteiger partial charge in [0, 0.05) is 43.1 Å². The fourth-order valence-corrected chi connectivity index (χ4v) is 3.29. The fourth-order valence-electron chi connectivity index (χ4n) is 2.80. The summed E-state index contributed by atoms with van der Waals surface area (Å²) in [6.07, 6.45) is 1.06. The molecule has 0 bridgehead atoms. The first-order valence-corrected chi connectivity index (χ1v) is 7.87. The maximum Gasteiger partial charge on any atom is 0.202 e. The average molecular weight is 359 g/mol. The van der Waals surface area contributed by atoms with Crippen LogP contribution < -0.4 is 5.32 Å². The molecule has 0 saturated carbocycles. The number of rotatable bonds is 3. The van der Waals surface area contributed by atoms with Crippen LogP contribution in [0, 0.1) is 11.3 Å². The molecule has 3 rings (SSSR count). The van der Waals surface area contributed by atoms with Crippen LogP contribution in [0.1, 0.15) is 33.1 Å². The number of hydrogen-bond donors (Lipinski definition) is 1. The summed E-state index contributed by atoms with van der Waals surface area (Å²) in [7, 11) is 1.89. The lowest BCUT2D eigenvalue weighted by atomic mass is 10.0. The summed E-state index contributed by atoms with van der Waals surface area (Å²) in [5.74, 6) is 0.407. The van der Waals surface area contributed by atoms with Crippen molar-refractivity contribution >= 4 is 21.7 Å². The summed E-state index contributed by atoms with van der Waals surface area (Å²) < 4.78 is 2.60. The highest BCUT2D eigenvalue weighted by molar-refractivity contribution is 9.10. The number of aromatic nitrogens is 2. The molecule has 0 aliphatic carbocycles. The molecule has 1 aliphatic heterocycles. The second-order valence-corrected chi connectivity index (χ2v) is 6.15. The van der Waals surface area contributed by atoms with Crippen molar-refractivity contribution in [2.45, 2.75) is 19.4 Å². The Morgan fingerprint density at radius 3 is 3.09 bits per heavy atom. The minimum Gasteiger partial charge on any atom is -0.328 e. The molecule has 1 N–H and O–H groups in total. The Bertz CT molecular complexity index is 788. The number of halogens is 1. The van der Waals surface area contributed by atoms with Crippen molar-refractivity contribution in [3.8, 4) is 6.07 Å². The molecule has 5 nitrogen and oxygen atoms in total. The summed E-state index contributed by atoms with van der Waals surface area (Å²) in [5, 5.41) is 12.5. The van der Waals surface area contributed by atoms with Crippen LogP contribution in [0.4, 0.5) is 0 Å². The van der Waals surface area contributed by atoms with E-state index in [1.165, 1.54) is 0 Å². The Kier molecular flexibility index (Phi) is 4.10. The molecule has 0 amide bonds. The maximum atomic E-state index is 12.6. The molecule has 112 valence electrons. The monoisotopic (exact) mass is 358 g/mol. The zero-order valence-corrected chi connectivity index (χ0v) is 13.8. The van der Waals surface area contributed by atoms with Gasteiger partial charge in [-0.05, 0) is 27.6 Å². The molecule has 0 atom stereocenters. The van der Waals surface area contributed by atoms with Crippen molar-refractivity contribution in [3.63, 3.8) is 0 Å². The third-order valence-electron chi connectivity index (χ3n) is 3.94. The quantitative estimate of drug-likeness (QED) is 0.853. The van der Waals surface area contributed by atoms with E-state index in [1.807, 2.05) is 23.7 Å². The Hall–Kier alpha value is -1.97. The van der Waals surface area contributed by atoms with Crippen molar-refractivity contribution in [2.24, 2.45) is 7.05 Å². The molecule has 1 aromatic heterocycles. The number of imidazole rings is 1. The van der Waals surface area contributed by atoms with E-state index >= 15 is 0 Å². The molecule has 1 aromatic carbocycles. The molecule has 2 aromatic rings. The Labute approximate surface area is 137 Å². The molecule has 22 heavy (non-hydrogen) atoms. The third kappa shape index (κ3) is 2.58. The molecule has 0 unspecified atom stereocenters. The Morgan fingerprint density at radius 2 is 2.36 bits per heavy atom. The number of nitrogens with one attached hydrogen (secondary N) is 1. The number of fused-ring (bicyclic) bond motifs is 1. The van der Waals surface area contributed by atoms with Crippen molar-refractivity contribution in [3.05, 3.63) is 51.0 Å². The predicted molar refractivity (Wildman–Crippen MR) is 85.5 cm³/mol.